The standard InChI is InChI=1S/C14H8Cl3N3O3S/c15-9-2-3-10(16)13(12(9)17)24(22,23)20-7-1-4-11-8(5-7)14(21)19-6-18-11/h1-6,20H,(H,18,19,21). The molecule has 0 radical (unpaired) electrons. The summed E-state index contributed by atoms with van der Waals surface area (Å²) in [6.45, 7) is 0. The van der Waals surface area contributed by atoms with Crippen LogP contribution in [0.1, 0.15) is 0 Å². The number of rotatable bonds is 3. The van der Waals surface area contributed by atoms with Gasteiger partial charge in [0.1, 0.15) is 4.90 Å². The van der Waals surface area contributed by atoms with E-state index in [0.29, 0.717) is 5.52 Å². The Labute approximate surface area is 151 Å². The van der Waals surface area contributed by atoms with Gasteiger partial charge in [-0.3, -0.25) is 9.52 Å². The molecule has 10 heteroatoms. The summed E-state index contributed by atoms with van der Waals surface area (Å²) in [7, 11) is -4.11. The third-order valence-electron chi connectivity index (χ3n) is 3.16. The normalized spacial score (nSPS) is 11.6. The monoisotopic (exact) mass is 403 g/mol. The molecule has 0 fully saturated rings. The molecule has 0 spiro atoms. The molecule has 0 saturated carbocycles. The number of anilines is 1. The van der Waals surface area contributed by atoms with E-state index in [9.17, 15) is 13.2 Å². The van der Waals surface area contributed by atoms with Crippen LogP contribution in [0.2, 0.25) is 15.1 Å². The fourth-order valence-corrected chi connectivity index (χ4v) is 4.50. The molecule has 0 atom stereocenters. The molecule has 3 aromatic rings. The van der Waals surface area contributed by atoms with Crippen molar-refractivity contribution in [2.75, 3.05) is 4.72 Å². The number of aromatic nitrogens is 2. The first-order valence-corrected chi connectivity index (χ1v) is 9.05. The number of nitrogens with one attached hydrogen (secondary N) is 2. The number of aromatic amines is 1. The van der Waals surface area contributed by atoms with Crippen LogP contribution in [0.5, 0.6) is 0 Å². The lowest BCUT2D eigenvalue weighted by Crippen LogP contribution is -2.15. The molecule has 3 rings (SSSR count). The molecule has 2 N–H and O–H groups in total. The van der Waals surface area contributed by atoms with E-state index >= 15 is 0 Å². The van der Waals surface area contributed by atoms with Gasteiger partial charge < -0.3 is 4.98 Å². The zero-order valence-electron chi connectivity index (χ0n) is 11.7. The Kier molecular flexibility index (Phi) is 4.44. The minimum Gasteiger partial charge on any atom is -0.313 e. The number of fused-ring (bicyclic) bond motifs is 1. The summed E-state index contributed by atoms with van der Waals surface area (Å²) in [6, 6.07) is 7.08. The molecule has 0 aliphatic heterocycles. The van der Waals surface area contributed by atoms with E-state index in [1.807, 2.05) is 0 Å². The maximum atomic E-state index is 12.6. The number of halogens is 3. The van der Waals surface area contributed by atoms with E-state index in [-0.39, 0.29) is 36.6 Å². The molecule has 2 aromatic carbocycles. The summed E-state index contributed by atoms with van der Waals surface area (Å²) in [5.41, 5.74) is 0.202. The Morgan fingerprint density at radius 1 is 1.04 bits per heavy atom. The molecule has 1 heterocycles. The average molecular weight is 405 g/mol. The second-order valence-electron chi connectivity index (χ2n) is 4.74. The van der Waals surface area contributed by atoms with Crippen molar-refractivity contribution in [3.8, 4) is 0 Å². The molecule has 6 nitrogen and oxygen atoms in total. The van der Waals surface area contributed by atoms with E-state index in [1.54, 1.807) is 0 Å². The molecule has 0 unspecified atom stereocenters. The maximum Gasteiger partial charge on any atom is 0.264 e. The van der Waals surface area contributed by atoms with Crippen LogP contribution in [0.4, 0.5) is 5.69 Å². The second kappa shape index (κ2) is 6.25. The highest BCUT2D eigenvalue weighted by molar-refractivity contribution is 7.93. The average Bonchev–Trinajstić information content (AvgIpc) is 2.51. The number of nitrogens with zero attached hydrogens (tertiary/aromatic N) is 1. The summed E-state index contributed by atoms with van der Waals surface area (Å²) in [5, 5.41) is 0.0377. The maximum absolute atomic E-state index is 12.6. The minimum atomic E-state index is -4.11. The summed E-state index contributed by atoms with van der Waals surface area (Å²) in [5.74, 6) is 0. The second-order valence-corrected chi connectivity index (χ2v) is 7.55. The van der Waals surface area contributed by atoms with Gasteiger partial charge in [0.25, 0.3) is 15.6 Å². The van der Waals surface area contributed by atoms with Crippen LogP contribution >= 0.6 is 34.8 Å². The first-order chi connectivity index (χ1) is 11.3. The smallest absolute Gasteiger partial charge is 0.264 e. The Morgan fingerprint density at radius 2 is 1.75 bits per heavy atom. The topological polar surface area (TPSA) is 91.9 Å². The quantitative estimate of drug-likeness (QED) is 0.651. The third kappa shape index (κ3) is 3.08. The van der Waals surface area contributed by atoms with Crippen molar-refractivity contribution in [3.63, 3.8) is 0 Å². The fourth-order valence-electron chi connectivity index (χ4n) is 2.09. The van der Waals surface area contributed by atoms with Crippen molar-refractivity contribution >= 4 is 61.4 Å². The van der Waals surface area contributed by atoms with Crippen LogP contribution < -0.4 is 10.3 Å². The summed E-state index contributed by atoms with van der Waals surface area (Å²) >= 11 is 17.8. The van der Waals surface area contributed by atoms with Crippen LogP contribution in [0.15, 0.2) is 46.3 Å². The largest absolute Gasteiger partial charge is 0.313 e. The van der Waals surface area contributed by atoms with E-state index in [0.717, 1.165) is 0 Å². The van der Waals surface area contributed by atoms with Crippen LogP contribution in [-0.4, -0.2) is 18.4 Å². The number of hydrogen-bond acceptors (Lipinski definition) is 4. The molecular formula is C14H8Cl3N3O3S. The summed E-state index contributed by atoms with van der Waals surface area (Å²) in [6.07, 6.45) is 1.26. The fraction of sp³-hybridized carbons (Fsp3) is 0. The molecule has 0 amide bonds. The van der Waals surface area contributed by atoms with Crippen molar-refractivity contribution < 1.29 is 8.42 Å². The minimum absolute atomic E-state index is 0.0561. The molecule has 0 aliphatic rings. The van der Waals surface area contributed by atoms with E-state index < -0.39 is 10.0 Å². The Balaban J connectivity index is 2.09. The first kappa shape index (κ1) is 17.0. The van der Waals surface area contributed by atoms with Crippen molar-refractivity contribution in [1.82, 2.24) is 9.97 Å². The molecule has 24 heavy (non-hydrogen) atoms. The van der Waals surface area contributed by atoms with Crippen LogP contribution in [0.25, 0.3) is 10.9 Å². The molecule has 1 aromatic heterocycles. The van der Waals surface area contributed by atoms with E-state index in [2.05, 4.69) is 14.7 Å². The van der Waals surface area contributed by atoms with Gasteiger partial charge in [0.2, 0.25) is 0 Å². The van der Waals surface area contributed by atoms with Gasteiger partial charge in [-0.25, -0.2) is 13.4 Å². The van der Waals surface area contributed by atoms with Crippen molar-refractivity contribution in [2.45, 2.75) is 4.90 Å². The zero-order chi connectivity index (χ0) is 17.5. The van der Waals surface area contributed by atoms with Gasteiger partial charge in [0.05, 0.1) is 32.3 Å². The van der Waals surface area contributed by atoms with Crippen molar-refractivity contribution in [3.05, 3.63) is 62.1 Å². The van der Waals surface area contributed by atoms with Crippen LogP contribution in [-0.2, 0) is 10.0 Å². The number of H-pyrrole nitrogens is 1. The van der Waals surface area contributed by atoms with Gasteiger partial charge in [-0.15, -0.1) is 0 Å². The Bertz CT molecular complexity index is 1110. The molecule has 124 valence electrons. The van der Waals surface area contributed by atoms with Gasteiger partial charge in [0, 0.05) is 5.69 Å². The summed E-state index contributed by atoms with van der Waals surface area (Å²) in [4.78, 5) is 17.9. The first-order valence-electron chi connectivity index (χ1n) is 6.43. The summed E-state index contributed by atoms with van der Waals surface area (Å²) < 4.78 is 27.5. The van der Waals surface area contributed by atoms with Gasteiger partial charge in [0.15, 0.2) is 0 Å². The van der Waals surface area contributed by atoms with Crippen molar-refractivity contribution in [1.29, 1.82) is 0 Å². The SMILES string of the molecule is O=c1[nH]cnc2ccc(NS(=O)(=O)c3c(Cl)ccc(Cl)c3Cl)cc12. The number of hydrogen-bond donors (Lipinski definition) is 2. The van der Waals surface area contributed by atoms with Gasteiger partial charge >= 0.3 is 0 Å². The van der Waals surface area contributed by atoms with Gasteiger partial charge in [-0.2, -0.15) is 0 Å². The van der Waals surface area contributed by atoms with Crippen LogP contribution in [0, 0.1) is 0 Å². The lowest BCUT2D eigenvalue weighted by molar-refractivity contribution is 0.601. The predicted molar refractivity (Wildman–Crippen MR) is 94.6 cm³/mol. The highest BCUT2D eigenvalue weighted by atomic mass is 35.5. The highest BCUT2D eigenvalue weighted by Crippen LogP contribution is 2.35. The highest BCUT2D eigenvalue weighted by Gasteiger charge is 2.24. The third-order valence-corrected chi connectivity index (χ3v) is 5.97. The Morgan fingerprint density at radius 3 is 2.50 bits per heavy atom. The lowest BCUT2D eigenvalue weighted by atomic mass is 10.2. The van der Waals surface area contributed by atoms with Crippen molar-refractivity contribution in [2.24, 2.45) is 0 Å². The molecule has 0 aliphatic carbocycles. The van der Waals surface area contributed by atoms with Crippen LogP contribution in [0.3, 0.4) is 0 Å². The van der Waals surface area contributed by atoms with E-state index in [1.165, 1.54) is 36.7 Å². The van der Waals surface area contributed by atoms with E-state index in [4.69, 9.17) is 34.8 Å². The molecule has 0 saturated heterocycles. The van der Waals surface area contributed by atoms with Gasteiger partial charge in [-0.05, 0) is 30.3 Å². The number of benzene rings is 2. The zero-order valence-corrected chi connectivity index (χ0v) is 14.8. The number of sulfonamides is 1. The molecular weight excluding hydrogens is 397 g/mol. The Hall–Kier alpha value is -1.80. The lowest BCUT2D eigenvalue weighted by Gasteiger charge is -2.12. The predicted octanol–water partition coefficient (Wildman–Crippen LogP) is 3.68. The van der Waals surface area contributed by atoms with Gasteiger partial charge in [-0.1, -0.05) is 34.8 Å². The molecule has 0 bridgehead atoms.